The van der Waals surface area contributed by atoms with Crippen LogP contribution < -0.4 is 5.32 Å². The largest absolute Gasteiger partial charge is 0.449 e. The van der Waals surface area contributed by atoms with E-state index in [9.17, 15) is 9.59 Å². The predicted octanol–water partition coefficient (Wildman–Crippen LogP) is 4.46. The first kappa shape index (κ1) is 21.5. The van der Waals surface area contributed by atoms with Crippen LogP contribution in [-0.4, -0.2) is 33.3 Å². The summed E-state index contributed by atoms with van der Waals surface area (Å²) in [6.45, 7) is 7.17. The minimum atomic E-state index is -0.884. The molecule has 0 saturated carbocycles. The SMILES string of the molecule is CC(OC(=O)/C=C/c1cn(-c2ccccc2)nc1-c1cccs1)C(=O)NC(C)(C)C. The minimum absolute atomic E-state index is 0.333. The van der Waals surface area contributed by atoms with Gasteiger partial charge in [-0.2, -0.15) is 5.10 Å². The summed E-state index contributed by atoms with van der Waals surface area (Å²) in [5.74, 6) is -0.920. The van der Waals surface area contributed by atoms with Crippen molar-refractivity contribution < 1.29 is 14.3 Å². The van der Waals surface area contributed by atoms with E-state index in [1.165, 1.54) is 6.08 Å². The highest BCUT2D eigenvalue weighted by molar-refractivity contribution is 7.13. The van der Waals surface area contributed by atoms with Crippen molar-refractivity contribution in [3.63, 3.8) is 0 Å². The number of carbonyl (C=O) groups is 2. The van der Waals surface area contributed by atoms with Crippen molar-refractivity contribution in [2.45, 2.75) is 39.3 Å². The number of esters is 1. The summed E-state index contributed by atoms with van der Waals surface area (Å²) in [7, 11) is 0. The van der Waals surface area contributed by atoms with Crippen LogP contribution in [0.2, 0.25) is 0 Å². The van der Waals surface area contributed by atoms with Gasteiger partial charge in [0.15, 0.2) is 6.10 Å². The van der Waals surface area contributed by atoms with Crippen molar-refractivity contribution in [1.82, 2.24) is 15.1 Å². The van der Waals surface area contributed by atoms with Gasteiger partial charge in [0.25, 0.3) is 5.91 Å². The fourth-order valence-electron chi connectivity index (χ4n) is 2.72. The fourth-order valence-corrected chi connectivity index (χ4v) is 3.45. The lowest BCUT2D eigenvalue weighted by atomic mass is 10.1. The summed E-state index contributed by atoms with van der Waals surface area (Å²) in [4.78, 5) is 25.4. The number of benzene rings is 1. The first-order valence-corrected chi connectivity index (χ1v) is 10.5. The number of hydrogen-bond donors (Lipinski definition) is 1. The maximum absolute atomic E-state index is 12.3. The topological polar surface area (TPSA) is 73.2 Å². The van der Waals surface area contributed by atoms with E-state index >= 15 is 0 Å². The van der Waals surface area contributed by atoms with Crippen LogP contribution in [0, 0.1) is 0 Å². The van der Waals surface area contributed by atoms with Crippen LogP contribution in [-0.2, 0) is 14.3 Å². The number of para-hydroxylation sites is 1. The summed E-state index contributed by atoms with van der Waals surface area (Å²) < 4.78 is 7.02. The van der Waals surface area contributed by atoms with E-state index in [1.807, 2.05) is 74.8 Å². The molecule has 0 saturated heterocycles. The third-order valence-electron chi connectivity index (χ3n) is 4.08. The van der Waals surface area contributed by atoms with Gasteiger partial charge in [0, 0.05) is 23.4 Å². The van der Waals surface area contributed by atoms with Crippen LogP contribution in [0.4, 0.5) is 0 Å². The second kappa shape index (κ2) is 9.09. The Morgan fingerprint density at radius 1 is 1.17 bits per heavy atom. The number of thiophene rings is 1. The molecule has 1 amide bonds. The number of aromatic nitrogens is 2. The molecular formula is C23H25N3O3S. The molecule has 1 aromatic carbocycles. The summed E-state index contributed by atoms with van der Waals surface area (Å²) in [6, 6.07) is 13.7. The van der Waals surface area contributed by atoms with Crippen LogP contribution in [0.25, 0.3) is 22.3 Å². The standard InChI is InChI=1S/C23H25N3O3S/c1-16(22(28)24-23(2,3)4)29-20(27)13-12-17-15-26(18-9-6-5-7-10-18)25-21(17)19-11-8-14-30-19/h5-16H,1-4H3,(H,24,28)/b13-12+. The second-order valence-electron chi connectivity index (χ2n) is 7.84. The quantitative estimate of drug-likeness (QED) is 0.469. The molecule has 2 heterocycles. The van der Waals surface area contributed by atoms with Crippen molar-refractivity contribution in [2.75, 3.05) is 0 Å². The molecule has 1 atom stereocenters. The lowest BCUT2D eigenvalue weighted by Gasteiger charge is -2.22. The Bertz CT molecular complexity index is 1030. The molecule has 3 rings (SSSR count). The molecule has 0 spiro atoms. The molecule has 0 bridgehead atoms. The fraction of sp³-hybridized carbons (Fsp3) is 0.261. The molecule has 30 heavy (non-hydrogen) atoms. The Morgan fingerprint density at radius 2 is 1.90 bits per heavy atom. The summed E-state index contributed by atoms with van der Waals surface area (Å²) in [6.07, 6.45) is 3.97. The average Bonchev–Trinajstić information content (AvgIpc) is 3.35. The van der Waals surface area contributed by atoms with Gasteiger partial charge in [-0.1, -0.05) is 24.3 Å². The molecule has 7 heteroatoms. The lowest BCUT2D eigenvalue weighted by Crippen LogP contribution is -2.46. The highest BCUT2D eigenvalue weighted by Crippen LogP contribution is 2.28. The third kappa shape index (κ3) is 5.67. The number of amides is 1. The zero-order valence-electron chi connectivity index (χ0n) is 17.5. The number of rotatable bonds is 6. The minimum Gasteiger partial charge on any atom is -0.449 e. The maximum atomic E-state index is 12.3. The highest BCUT2D eigenvalue weighted by Gasteiger charge is 2.21. The first-order chi connectivity index (χ1) is 14.2. The molecule has 156 valence electrons. The molecule has 0 radical (unpaired) electrons. The van der Waals surface area contributed by atoms with Crippen molar-refractivity contribution in [3.8, 4) is 16.3 Å². The smallest absolute Gasteiger partial charge is 0.331 e. The molecule has 6 nitrogen and oxygen atoms in total. The van der Waals surface area contributed by atoms with Gasteiger partial charge in [-0.3, -0.25) is 4.79 Å². The molecular weight excluding hydrogens is 398 g/mol. The van der Waals surface area contributed by atoms with Crippen LogP contribution >= 0.6 is 11.3 Å². The normalized spacial score (nSPS) is 12.7. The molecule has 3 aromatic rings. The highest BCUT2D eigenvalue weighted by atomic mass is 32.1. The number of nitrogens with one attached hydrogen (secondary N) is 1. The van der Waals surface area contributed by atoms with Gasteiger partial charge >= 0.3 is 5.97 Å². The molecule has 0 aliphatic carbocycles. The van der Waals surface area contributed by atoms with E-state index in [1.54, 1.807) is 29.0 Å². The van der Waals surface area contributed by atoms with Gasteiger partial charge in [0.1, 0.15) is 5.69 Å². The van der Waals surface area contributed by atoms with Crippen molar-refractivity contribution >= 4 is 29.3 Å². The van der Waals surface area contributed by atoms with Gasteiger partial charge in [-0.05, 0) is 57.4 Å². The van der Waals surface area contributed by atoms with E-state index in [4.69, 9.17) is 4.74 Å². The number of ether oxygens (including phenoxy) is 1. The van der Waals surface area contributed by atoms with Crippen LogP contribution in [0.3, 0.4) is 0 Å². The van der Waals surface area contributed by atoms with Gasteiger partial charge in [-0.15, -0.1) is 11.3 Å². The van der Waals surface area contributed by atoms with E-state index in [2.05, 4.69) is 10.4 Å². The molecule has 1 N–H and O–H groups in total. The Balaban J connectivity index is 1.78. The van der Waals surface area contributed by atoms with Crippen molar-refractivity contribution in [2.24, 2.45) is 0 Å². The summed E-state index contributed by atoms with van der Waals surface area (Å²) in [5.41, 5.74) is 2.08. The van der Waals surface area contributed by atoms with Gasteiger partial charge in [0.2, 0.25) is 0 Å². The molecule has 1 unspecified atom stereocenters. The summed E-state index contributed by atoms with van der Waals surface area (Å²) in [5, 5.41) is 9.47. The van der Waals surface area contributed by atoms with Crippen LogP contribution in [0.15, 0.2) is 60.1 Å². The van der Waals surface area contributed by atoms with E-state index in [0.29, 0.717) is 0 Å². The number of carbonyl (C=O) groups excluding carboxylic acids is 2. The maximum Gasteiger partial charge on any atom is 0.331 e. The van der Waals surface area contributed by atoms with Gasteiger partial charge in [0.05, 0.1) is 10.6 Å². The first-order valence-electron chi connectivity index (χ1n) is 9.62. The molecule has 0 aliphatic heterocycles. The predicted molar refractivity (Wildman–Crippen MR) is 119 cm³/mol. The zero-order valence-corrected chi connectivity index (χ0v) is 18.3. The second-order valence-corrected chi connectivity index (χ2v) is 8.79. The van der Waals surface area contributed by atoms with Crippen LogP contribution in [0.5, 0.6) is 0 Å². The molecule has 2 aromatic heterocycles. The monoisotopic (exact) mass is 423 g/mol. The van der Waals surface area contributed by atoms with Crippen molar-refractivity contribution in [3.05, 3.63) is 65.7 Å². The van der Waals surface area contributed by atoms with Gasteiger partial charge in [-0.25, -0.2) is 9.48 Å². The van der Waals surface area contributed by atoms with Crippen LogP contribution in [0.1, 0.15) is 33.3 Å². The Kier molecular flexibility index (Phi) is 6.52. The molecule has 0 aliphatic rings. The third-order valence-corrected chi connectivity index (χ3v) is 4.95. The average molecular weight is 424 g/mol. The van der Waals surface area contributed by atoms with E-state index < -0.39 is 17.6 Å². The lowest BCUT2D eigenvalue weighted by molar-refractivity contribution is -0.150. The number of hydrogen-bond acceptors (Lipinski definition) is 5. The van der Waals surface area contributed by atoms with E-state index in [-0.39, 0.29) is 5.91 Å². The van der Waals surface area contributed by atoms with Crippen molar-refractivity contribution in [1.29, 1.82) is 0 Å². The Morgan fingerprint density at radius 3 is 2.53 bits per heavy atom. The Hall–Kier alpha value is -3.19. The molecule has 0 fully saturated rings. The van der Waals surface area contributed by atoms with Gasteiger partial charge < -0.3 is 10.1 Å². The number of nitrogens with zero attached hydrogens (tertiary/aromatic N) is 2. The Labute approximate surface area is 180 Å². The summed E-state index contributed by atoms with van der Waals surface area (Å²) >= 11 is 1.57. The van der Waals surface area contributed by atoms with E-state index in [0.717, 1.165) is 21.8 Å². The zero-order chi connectivity index (χ0) is 21.7.